The lowest BCUT2D eigenvalue weighted by molar-refractivity contribution is -0.137. The third-order valence-electron chi connectivity index (χ3n) is 3.70. The van der Waals surface area contributed by atoms with Crippen LogP contribution in [-0.2, 0) is 23.8 Å². The van der Waals surface area contributed by atoms with E-state index in [2.05, 4.69) is 4.98 Å². The lowest BCUT2D eigenvalue weighted by Gasteiger charge is -2.08. The first-order valence-corrected chi connectivity index (χ1v) is 7.69. The Labute approximate surface area is 146 Å². The fourth-order valence-electron chi connectivity index (χ4n) is 2.46. The number of benzene rings is 2. The summed E-state index contributed by atoms with van der Waals surface area (Å²) in [5, 5.41) is 0. The molecule has 0 radical (unpaired) electrons. The molecule has 134 valence electrons. The number of Topliss-reactive ketones (excluding diaryl/α,β-unsaturated/α-hetero) is 1. The summed E-state index contributed by atoms with van der Waals surface area (Å²) in [7, 11) is 0. The van der Waals surface area contributed by atoms with Crippen LogP contribution in [0.1, 0.15) is 17.0 Å². The Bertz CT molecular complexity index is 914. The van der Waals surface area contributed by atoms with Gasteiger partial charge in [0.25, 0.3) is 0 Å². The Hall–Kier alpha value is -2.96. The van der Waals surface area contributed by atoms with Gasteiger partial charge >= 0.3 is 6.18 Å². The highest BCUT2D eigenvalue weighted by atomic mass is 19.4. The molecule has 3 nitrogen and oxygen atoms in total. The van der Waals surface area contributed by atoms with E-state index >= 15 is 0 Å². The molecule has 0 aliphatic carbocycles. The minimum Gasteiger partial charge on any atom is -0.448 e. The highest BCUT2D eigenvalue weighted by molar-refractivity contribution is 5.82. The van der Waals surface area contributed by atoms with Crippen LogP contribution in [0.2, 0.25) is 0 Å². The van der Waals surface area contributed by atoms with E-state index < -0.39 is 11.7 Å². The smallest absolute Gasteiger partial charge is 0.416 e. The van der Waals surface area contributed by atoms with Crippen LogP contribution in [0.15, 0.2) is 59.2 Å². The quantitative estimate of drug-likeness (QED) is 0.609. The molecule has 0 spiro atoms. The third kappa shape index (κ3) is 4.36. The first-order chi connectivity index (χ1) is 12.3. The molecule has 0 saturated carbocycles. The fourth-order valence-corrected chi connectivity index (χ4v) is 2.46. The van der Waals surface area contributed by atoms with E-state index in [1.54, 1.807) is 0 Å². The van der Waals surface area contributed by atoms with Gasteiger partial charge in [0.05, 0.1) is 12.0 Å². The number of aromatic nitrogens is 1. The van der Waals surface area contributed by atoms with E-state index in [0.717, 1.165) is 12.1 Å². The van der Waals surface area contributed by atoms with Crippen molar-refractivity contribution in [2.24, 2.45) is 0 Å². The van der Waals surface area contributed by atoms with Crippen LogP contribution in [0.25, 0.3) is 11.3 Å². The van der Waals surface area contributed by atoms with Gasteiger partial charge in [-0.1, -0.05) is 18.2 Å². The van der Waals surface area contributed by atoms with E-state index in [-0.39, 0.29) is 35.9 Å². The van der Waals surface area contributed by atoms with Crippen molar-refractivity contribution < 1.29 is 26.8 Å². The number of hydrogen-bond donors (Lipinski definition) is 0. The van der Waals surface area contributed by atoms with Crippen molar-refractivity contribution in [1.29, 1.82) is 0 Å². The molecule has 0 atom stereocenters. The molecule has 7 heteroatoms. The molecule has 1 heterocycles. The van der Waals surface area contributed by atoms with Crippen LogP contribution >= 0.6 is 0 Å². The van der Waals surface area contributed by atoms with Gasteiger partial charge < -0.3 is 4.42 Å². The average Bonchev–Trinajstić information content (AvgIpc) is 3.03. The van der Waals surface area contributed by atoms with E-state index in [1.165, 1.54) is 42.7 Å². The first-order valence-electron chi connectivity index (χ1n) is 7.69. The second kappa shape index (κ2) is 7.11. The van der Waals surface area contributed by atoms with Gasteiger partial charge in [0.2, 0.25) is 5.89 Å². The fraction of sp³-hybridized carbons (Fsp3) is 0.158. The summed E-state index contributed by atoms with van der Waals surface area (Å²) >= 11 is 0. The first kappa shape index (κ1) is 17.8. The van der Waals surface area contributed by atoms with Gasteiger partial charge in [-0.05, 0) is 35.9 Å². The molecule has 26 heavy (non-hydrogen) atoms. The van der Waals surface area contributed by atoms with Gasteiger partial charge in [-0.15, -0.1) is 0 Å². The second-order valence-corrected chi connectivity index (χ2v) is 5.72. The summed E-state index contributed by atoms with van der Waals surface area (Å²) in [6.07, 6.45) is -3.40. The van der Waals surface area contributed by atoms with E-state index in [4.69, 9.17) is 4.42 Å². The van der Waals surface area contributed by atoms with E-state index in [1.807, 2.05) is 0 Å². The lowest BCUT2D eigenvalue weighted by Crippen LogP contribution is -2.09. The predicted octanol–water partition coefficient (Wildman–Crippen LogP) is 4.85. The van der Waals surface area contributed by atoms with Crippen LogP contribution in [-0.4, -0.2) is 10.8 Å². The van der Waals surface area contributed by atoms with Crippen LogP contribution < -0.4 is 0 Å². The Morgan fingerprint density at radius 1 is 1.04 bits per heavy atom. The van der Waals surface area contributed by atoms with Gasteiger partial charge in [0.15, 0.2) is 0 Å². The van der Waals surface area contributed by atoms with Crippen molar-refractivity contribution in [3.63, 3.8) is 0 Å². The molecule has 0 aliphatic heterocycles. The number of rotatable bonds is 5. The summed E-state index contributed by atoms with van der Waals surface area (Å²) in [4.78, 5) is 16.3. The molecule has 0 unspecified atom stereocenters. The van der Waals surface area contributed by atoms with Crippen molar-refractivity contribution in [2.75, 3.05) is 0 Å². The topological polar surface area (TPSA) is 43.1 Å². The molecule has 1 aromatic heterocycles. The Morgan fingerprint density at radius 3 is 2.46 bits per heavy atom. The lowest BCUT2D eigenvalue weighted by atomic mass is 10.0. The molecule has 0 bridgehead atoms. The van der Waals surface area contributed by atoms with Crippen molar-refractivity contribution >= 4 is 5.78 Å². The highest BCUT2D eigenvalue weighted by Gasteiger charge is 2.30. The van der Waals surface area contributed by atoms with Crippen LogP contribution in [0.5, 0.6) is 0 Å². The maximum atomic E-state index is 12.9. The summed E-state index contributed by atoms with van der Waals surface area (Å²) in [6.45, 7) is 0. The van der Waals surface area contributed by atoms with Crippen molar-refractivity contribution in [2.45, 2.75) is 19.0 Å². The molecular formula is C19H13F4NO2. The third-order valence-corrected chi connectivity index (χ3v) is 3.70. The summed E-state index contributed by atoms with van der Waals surface area (Å²) < 4.78 is 56.3. The van der Waals surface area contributed by atoms with Crippen molar-refractivity contribution in [3.05, 3.63) is 77.6 Å². The molecule has 0 saturated heterocycles. The number of halogens is 4. The number of carbonyl (C=O) groups is 1. The number of hydrogen-bond acceptors (Lipinski definition) is 3. The van der Waals surface area contributed by atoms with Gasteiger partial charge in [-0.2, -0.15) is 13.2 Å². The zero-order valence-electron chi connectivity index (χ0n) is 13.4. The van der Waals surface area contributed by atoms with Crippen LogP contribution in [0, 0.1) is 5.82 Å². The summed E-state index contributed by atoms with van der Waals surface area (Å²) in [6, 6.07) is 10.3. The van der Waals surface area contributed by atoms with E-state index in [9.17, 15) is 22.4 Å². The molecule has 2 aromatic carbocycles. The van der Waals surface area contributed by atoms with Gasteiger partial charge in [-0.25, -0.2) is 9.37 Å². The molecular weight excluding hydrogens is 350 g/mol. The van der Waals surface area contributed by atoms with Gasteiger partial charge in [0, 0.05) is 12.0 Å². The molecule has 0 aliphatic rings. The van der Waals surface area contributed by atoms with Gasteiger partial charge in [0.1, 0.15) is 23.6 Å². The zero-order valence-corrected chi connectivity index (χ0v) is 13.4. The zero-order chi connectivity index (χ0) is 18.7. The van der Waals surface area contributed by atoms with Crippen LogP contribution in [0.3, 0.4) is 0 Å². The summed E-state index contributed by atoms with van der Waals surface area (Å²) in [5.74, 6) is -0.549. The van der Waals surface area contributed by atoms with Crippen molar-refractivity contribution in [1.82, 2.24) is 4.98 Å². The Balaban J connectivity index is 1.67. The number of ketones is 1. The maximum absolute atomic E-state index is 12.9. The Kier molecular flexibility index (Phi) is 4.88. The highest BCUT2D eigenvalue weighted by Crippen LogP contribution is 2.29. The largest absolute Gasteiger partial charge is 0.448 e. The minimum atomic E-state index is -4.45. The molecule has 3 rings (SSSR count). The number of alkyl halides is 3. The molecule has 0 N–H and O–H groups in total. The number of nitrogens with zero attached hydrogens (tertiary/aromatic N) is 1. The molecule has 3 aromatic rings. The second-order valence-electron chi connectivity index (χ2n) is 5.72. The predicted molar refractivity (Wildman–Crippen MR) is 85.8 cm³/mol. The van der Waals surface area contributed by atoms with Gasteiger partial charge in [-0.3, -0.25) is 4.79 Å². The van der Waals surface area contributed by atoms with Crippen molar-refractivity contribution in [3.8, 4) is 11.3 Å². The van der Waals surface area contributed by atoms with E-state index in [0.29, 0.717) is 11.3 Å². The minimum absolute atomic E-state index is 0.141. The average molecular weight is 363 g/mol. The summed E-state index contributed by atoms with van der Waals surface area (Å²) in [5.41, 5.74) is 0.561. The SMILES string of the molecule is O=C(Cc1cccc(C(F)(F)F)c1)Cc1nc(-c2ccc(F)cc2)co1. The Morgan fingerprint density at radius 2 is 1.77 bits per heavy atom. The van der Waals surface area contributed by atoms with Crippen LogP contribution in [0.4, 0.5) is 17.6 Å². The number of oxazole rings is 1. The normalized spacial score (nSPS) is 11.5. The molecule has 0 amide bonds. The standard InChI is InChI=1S/C19H13F4NO2/c20-15-6-4-13(5-7-15)17-11-26-18(24-17)10-16(25)9-12-2-1-3-14(8-12)19(21,22)23/h1-8,11H,9-10H2. The maximum Gasteiger partial charge on any atom is 0.416 e. The number of carbonyl (C=O) groups excluding carboxylic acids is 1. The molecule has 0 fully saturated rings. The monoisotopic (exact) mass is 363 g/mol.